The predicted molar refractivity (Wildman–Crippen MR) is 124 cm³/mol. The summed E-state index contributed by atoms with van der Waals surface area (Å²) in [6, 6.07) is 9.99. The lowest BCUT2D eigenvalue weighted by atomic mass is 9.53. The fourth-order valence-corrected chi connectivity index (χ4v) is 7.42. The number of carbonyl (C=O) groups is 1. The van der Waals surface area contributed by atoms with Crippen molar-refractivity contribution < 1.29 is 10.0 Å². The Labute approximate surface area is 194 Å². The van der Waals surface area contributed by atoms with Crippen LogP contribution >= 0.6 is 11.6 Å². The van der Waals surface area contributed by atoms with Crippen LogP contribution in [-0.2, 0) is 11.2 Å². The number of rotatable bonds is 5. The molecule has 1 aromatic heterocycles. The number of hydrogen-bond acceptors (Lipinski definition) is 5. The third-order valence-corrected chi connectivity index (χ3v) is 8.80. The van der Waals surface area contributed by atoms with Gasteiger partial charge in [0.15, 0.2) is 5.82 Å². The zero-order valence-electron chi connectivity index (χ0n) is 18.4. The van der Waals surface area contributed by atoms with Crippen molar-refractivity contribution in [2.75, 3.05) is 5.32 Å². The Balaban J connectivity index is 1.35. The highest BCUT2D eigenvalue weighted by Gasteiger charge is 2.58. The number of nitrogens with one attached hydrogen (secondary N) is 2. The molecule has 0 saturated heterocycles. The second kappa shape index (κ2) is 8.73. The number of aromatic nitrogens is 2. The molecule has 5 rings (SSSR count). The van der Waals surface area contributed by atoms with Crippen LogP contribution in [0.2, 0.25) is 5.02 Å². The number of halogens is 1. The van der Waals surface area contributed by atoms with Gasteiger partial charge in [0.1, 0.15) is 0 Å². The second-order valence-electron chi connectivity index (χ2n) is 10.1. The molecule has 1 amide bonds. The Hall–Kier alpha value is -2.02. The molecule has 3 N–H and O–H groups in total. The summed E-state index contributed by atoms with van der Waals surface area (Å²) in [6.07, 6.45) is 8.21. The maximum Gasteiger partial charge on any atom is 0.225 e. The molecular weight excluding hydrogens is 424 g/mol. The van der Waals surface area contributed by atoms with Crippen molar-refractivity contribution in [1.29, 1.82) is 0 Å². The molecule has 3 aliphatic carbocycles. The number of hydrogen-bond donors (Lipinski definition) is 3. The van der Waals surface area contributed by atoms with E-state index in [4.69, 9.17) is 11.6 Å². The number of aryl methyl sites for hydroxylation is 1. The van der Waals surface area contributed by atoms with Crippen molar-refractivity contribution >= 4 is 23.3 Å². The van der Waals surface area contributed by atoms with Gasteiger partial charge in [0.2, 0.25) is 5.91 Å². The fraction of sp³-hybridized carbons (Fsp3) is 0.560. The molecule has 2 saturated carbocycles. The van der Waals surface area contributed by atoms with Crippen LogP contribution in [0.1, 0.15) is 62.5 Å². The van der Waals surface area contributed by atoms with Crippen LogP contribution in [0.4, 0.5) is 5.82 Å². The van der Waals surface area contributed by atoms with Crippen LogP contribution < -0.4 is 10.8 Å². The minimum atomic E-state index is -0.0244. The largest absolute Gasteiger partial charge is 0.317 e. The van der Waals surface area contributed by atoms with E-state index >= 15 is 0 Å². The number of fused-ring (bicyclic) bond motifs is 5. The summed E-state index contributed by atoms with van der Waals surface area (Å²) in [6.45, 7) is 2.35. The van der Waals surface area contributed by atoms with Crippen molar-refractivity contribution in [2.24, 2.45) is 23.2 Å². The zero-order chi connectivity index (χ0) is 22.3. The first-order valence-electron chi connectivity index (χ1n) is 11.7. The Morgan fingerprint density at radius 1 is 1.31 bits per heavy atom. The van der Waals surface area contributed by atoms with Crippen LogP contribution in [0, 0.1) is 23.2 Å². The first-order valence-corrected chi connectivity index (χ1v) is 12.1. The van der Waals surface area contributed by atoms with Gasteiger partial charge in [0.25, 0.3) is 0 Å². The Morgan fingerprint density at radius 2 is 2.19 bits per heavy atom. The normalized spacial score (nSPS) is 33.2. The van der Waals surface area contributed by atoms with Gasteiger partial charge in [-0.15, -0.1) is 5.10 Å². The average molecular weight is 455 g/mol. The third-order valence-electron chi connectivity index (χ3n) is 8.57. The smallest absolute Gasteiger partial charge is 0.225 e. The summed E-state index contributed by atoms with van der Waals surface area (Å²) in [5.41, 5.74) is 5.56. The number of nitrogens with zero attached hydrogens (tertiary/aromatic N) is 2. The first-order chi connectivity index (χ1) is 15.5. The van der Waals surface area contributed by atoms with Gasteiger partial charge in [-0.1, -0.05) is 24.6 Å². The van der Waals surface area contributed by atoms with E-state index in [0.29, 0.717) is 35.9 Å². The van der Waals surface area contributed by atoms with Gasteiger partial charge < -0.3 is 10.5 Å². The summed E-state index contributed by atoms with van der Waals surface area (Å²) < 4.78 is 0. The number of hydroxylamine groups is 1. The van der Waals surface area contributed by atoms with Crippen LogP contribution in [-0.4, -0.2) is 27.4 Å². The number of anilines is 1. The monoisotopic (exact) mass is 454 g/mol. The molecule has 0 bridgehead atoms. The third kappa shape index (κ3) is 3.82. The van der Waals surface area contributed by atoms with Crippen molar-refractivity contribution in [3.63, 3.8) is 0 Å². The molecule has 6 nitrogen and oxygen atoms in total. The lowest BCUT2D eigenvalue weighted by Gasteiger charge is -2.52. The van der Waals surface area contributed by atoms with Gasteiger partial charge >= 0.3 is 0 Å². The highest BCUT2D eigenvalue weighted by Crippen LogP contribution is 2.63. The van der Waals surface area contributed by atoms with Crippen LogP contribution in [0.15, 0.2) is 36.5 Å². The summed E-state index contributed by atoms with van der Waals surface area (Å²) >= 11 is 6.27. The molecule has 0 radical (unpaired) electrons. The molecule has 1 heterocycles. The first kappa shape index (κ1) is 21.8. The van der Waals surface area contributed by atoms with Gasteiger partial charge in [-0.05, 0) is 103 Å². The van der Waals surface area contributed by atoms with Crippen molar-refractivity contribution in [2.45, 2.75) is 63.8 Å². The maximum absolute atomic E-state index is 12.6. The summed E-state index contributed by atoms with van der Waals surface area (Å²) in [5, 5.41) is 21.4. The van der Waals surface area contributed by atoms with Gasteiger partial charge in [-0.3, -0.25) is 4.79 Å². The Bertz CT molecular complexity index is 987. The molecular formula is C25H31ClN4O2. The molecule has 32 heavy (non-hydrogen) atoms. The van der Waals surface area contributed by atoms with Gasteiger partial charge in [-0.25, -0.2) is 5.48 Å². The molecule has 7 heteroatoms. The second-order valence-corrected chi connectivity index (χ2v) is 10.5. The molecule has 6 atom stereocenters. The topological polar surface area (TPSA) is 87.1 Å². The van der Waals surface area contributed by atoms with Gasteiger partial charge in [-0.2, -0.15) is 5.10 Å². The van der Waals surface area contributed by atoms with E-state index in [2.05, 4.69) is 40.1 Å². The lowest BCUT2D eigenvalue weighted by Crippen LogP contribution is -2.48. The standard InChI is InChI=1S/C25H31ClN4O2/c1-25-11-10-19-18-8-6-17(26)13-15(18)4-7-20(19)24(25)16(14-21(25)30-32)5-9-23(31)28-22-3-2-12-27-29-22/h2-3,6,8,12-13,16,19-21,24,30,32H,4-5,7,9-11,14H2,1H3,(H,28,29,31)/t16-,19?,20?,21?,24?,25-/m1/s1. The summed E-state index contributed by atoms with van der Waals surface area (Å²) in [4.78, 5) is 12.6. The minimum Gasteiger partial charge on any atom is -0.317 e. The van der Waals surface area contributed by atoms with Crippen molar-refractivity contribution in [3.05, 3.63) is 52.7 Å². The minimum absolute atomic E-state index is 0.0244. The lowest BCUT2D eigenvalue weighted by molar-refractivity contribution is -0.116. The summed E-state index contributed by atoms with van der Waals surface area (Å²) in [5.74, 6) is 2.47. The number of carbonyl (C=O) groups excluding carboxylic acids is 1. The Morgan fingerprint density at radius 3 is 2.97 bits per heavy atom. The van der Waals surface area contributed by atoms with E-state index in [1.807, 2.05) is 6.07 Å². The molecule has 2 aromatic rings. The van der Waals surface area contributed by atoms with Crippen molar-refractivity contribution in [3.8, 4) is 0 Å². The van der Waals surface area contributed by atoms with E-state index in [1.54, 1.807) is 18.3 Å². The van der Waals surface area contributed by atoms with E-state index < -0.39 is 0 Å². The van der Waals surface area contributed by atoms with E-state index in [9.17, 15) is 10.0 Å². The van der Waals surface area contributed by atoms with Crippen LogP contribution in [0.5, 0.6) is 0 Å². The quantitative estimate of drug-likeness (QED) is 0.554. The fourth-order valence-electron chi connectivity index (χ4n) is 7.23. The van der Waals surface area contributed by atoms with E-state index in [0.717, 1.165) is 43.5 Å². The molecule has 4 unspecified atom stereocenters. The molecule has 0 spiro atoms. The maximum atomic E-state index is 12.6. The van der Waals surface area contributed by atoms with Crippen molar-refractivity contribution in [1.82, 2.24) is 15.7 Å². The molecule has 170 valence electrons. The van der Waals surface area contributed by atoms with Crippen LogP contribution in [0.3, 0.4) is 0 Å². The molecule has 2 fully saturated rings. The van der Waals surface area contributed by atoms with Gasteiger partial charge in [0.05, 0.1) is 0 Å². The zero-order valence-corrected chi connectivity index (χ0v) is 19.2. The summed E-state index contributed by atoms with van der Waals surface area (Å²) in [7, 11) is 0. The molecule has 3 aliphatic rings. The number of amides is 1. The van der Waals surface area contributed by atoms with E-state index in [1.165, 1.54) is 11.1 Å². The average Bonchev–Trinajstić information content (AvgIpc) is 3.09. The Kier molecular flexibility index (Phi) is 5.95. The van der Waals surface area contributed by atoms with Crippen LogP contribution in [0.25, 0.3) is 0 Å². The van der Waals surface area contributed by atoms with E-state index in [-0.39, 0.29) is 17.4 Å². The SMILES string of the molecule is C[C@]12CCC3c4ccc(Cl)cc4CCC3C1[C@H](CCC(=O)Nc1cccnn1)CC2NO. The molecule has 1 aromatic carbocycles. The predicted octanol–water partition coefficient (Wildman–Crippen LogP) is 4.98. The van der Waals surface area contributed by atoms with Gasteiger partial charge in [0, 0.05) is 23.7 Å². The number of benzene rings is 1. The highest BCUT2D eigenvalue weighted by molar-refractivity contribution is 6.30. The molecule has 0 aliphatic heterocycles. The highest BCUT2D eigenvalue weighted by atomic mass is 35.5.